The van der Waals surface area contributed by atoms with E-state index in [2.05, 4.69) is 0 Å². The zero-order valence-electron chi connectivity index (χ0n) is 10.8. The number of methoxy groups -OCH3 is 1. The summed E-state index contributed by atoms with van der Waals surface area (Å²) in [4.78, 5) is 11.8. The standard InChI is InChI=1S/C14H16O4/c1-4-17-14(15)12-8-10-7-11(16-3)5-6-13(10)18-9(12)2/h5-7H,4,8H2,1-3H3. The maximum Gasteiger partial charge on any atom is 0.337 e. The van der Waals surface area contributed by atoms with Crippen LogP contribution in [-0.4, -0.2) is 19.7 Å². The van der Waals surface area contributed by atoms with Gasteiger partial charge in [0.15, 0.2) is 0 Å². The number of fused-ring (bicyclic) bond motifs is 1. The van der Waals surface area contributed by atoms with E-state index in [0.717, 1.165) is 17.1 Å². The number of ether oxygens (including phenoxy) is 3. The molecule has 0 saturated carbocycles. The van der Waals surface area contributed by atoms with Gasteiger partial charge in [-0.2, -0.15) is 0 Å². The lowest BCUT2D eigenvalue weighted by Crippen LogP contribution is -2.17. The third-order valence-electron chi connectivity index (χ3n) is 2.84. The number of allylic oxidation sites excluding steroid dienone is 1. The van der Waals surface area contributed by atoms with Gasteiger partial charge in [-0.15, -0.1) is 0 Å². The van der Waals surface area contributed by atoms with E-state index in [-0.39, 0.29) is 5.97 Å². The average Bonchev–Trinajstić information content (AvgIpc) is 2.37. The number of carbonyl (C=O) groups is 1. The van der Waals surface area contributed by atoms with E-state index in [1.165, 1.54) is 0 Å². The molecule has 0 saturated heterocycles. The highest BCUT2D eigenvalue weighted by molar-refractivity contribution is 5.90. The molecule has 1 aliphatic heterocycles. The number of carbonyl (C=O) groups excluding carboxylic acids is 1. The zero-order chi connectivity index (χ0) is 13.1. The summed E-state index contributed by atoms with van der Waals surface area (Å²) < 4.78 is 15.8. The van der Waals surface area contributed by atoms with Gasteiger partial charge < -0.3 is 14.2 Å². The van der Waals surface area contributed by atoms with E-state index in [0.29, 0.717) is 24.4 Å². The molecule has 0 unspecified atom stereocenters. The Bertz CT molecular complexity index is 503. The zero-order valence-corrected chi connectivity index (χ0v) is 10.8. The fourth-order valence-corrected chi connectivity index (χ4v) is 1.90. The fraction of sp³-hybridized carbons (Fsp3) is 0.357. The maximum atomic E-state index is 11.8. The maximum absolute atomic E-state index is 11.8. The molecule has 0 fully saturated rings. The Balaban J connectivity index is 2.29. The van der Waals surface area contributed by atoms with Crippen molar-refractivity contribution in [2.24, 2.45) is 0 Å². The van der Waals surface area contributed by atoms with E-state index in [4.69, 9.17) is 14.2 Å². The van der Waals surface area contributed by atoms with Gasteiger partial charge in [-0.3, -0.25) is 0 Å². The second-order valence-electron chi connectivity index (χ2n) is 4.01. The van der Waals surface area contributed by atoms with Crippen LogP contribution in [-0.2, 0) is 16.0 Å². The summed E-state index contributed by atoms with van der Waals surface area (Å²) in [5.41, 5.74) is 1.50. The van der Waals surface area contributed by atoms with Gasteiger partial charge in [-0.05, 0) is 32.0 Å². The number of benzene rings is 1. The highest BCUT2D eigenvalue weighted by Gasteiger charge is 2.23. The van der Waals surface area contributed by atoms with Gasteiger partial charge in [-0.25, -0.2) is 4.79 Å². The molecule has 0 amide bonds. The number of hydrogen-bond donors (Lipinski definition) is 0. The molecule has 1 heterocycles. The third kappa shape index (κ3) is 2.32. The molecule has 0 aliphatic carbocycles. The van der Waals surface area contributed by atoms with Crippen LogP contribution in [0, 0.1) is 0 Å². The van der Waals surface area contributed by atoms with E-state index >= 15 is 0 Å². The molecular weight excluding hydrogens is 232 g/mol. The topological polar surface area (TPSA) is 44.8 Å². The Morgan fingerprint density at radius 1 is 1.44 bits per heavy atom. The van der Waals surface area contributed by atoms with E-state index in [1.54, 1.807) is 21.0 Å². The normalized spacial score (nSPS) is 13.7. The Kier molecular flexibility index (Phi) is 3.55. The molecule has 18 heavy (non-hydrogen) atoms. The van der Waals surface area contributed by atoms with Crippen molar-refractivity contribution in [1.82, 2.24) is 0 Å². The van der Waals surface area contributed by atoms with Crippen LogP contribution in [0.5, 0.6) is 11.5 Å². The summed E-state index contributed by atoms with van der Waals surface area (Å²) in [5.74, 6) is 1.80. The lowest BCUT2D eigenvalue weighted by Gasteiger charge is -2.21. The van der Waals surface area contributed by atoms with Gasteiger partial charge in [0.25, 0.3) is 0 Å². The molecule has 1 aromatic rings. The third-order valence-corrected chi connectivity index (χ3v) is 2.84. The highest BCUT2D eigenvalue weighted by atomic mass is 16.5. The van der Waals surface area contributed by atoms with Crippen molar-refractivity contribution in [2.45, 2.75) is 20.3 Å². The summed E-state index contributed by atoms with van der Waals surface area (Å²) >= 11 is 0. The minimum Gasteiger partial charge on any atom is -0.497 e. The molecular formula is C14H16O4. The van der Waals surface area contributed by atoms with Crippen molar-refractivity contribution < 1.29 is 19.0 Å². The van der Waals surface area contributed by atoms with Crippen molar-refractivity contribution in [2.75, 3.05) is 13.7 Å². The summed E-state index contributed by atoms with van der Waals surface area (Å²) in [6.07, 6.45) is 0.511. The molecule has 0 atom stereocenters. The Morgan fingerprint density at radius 3 is 2.89 bits per heavy atom. The molecule has 0 N–H and O–H groups in total. The fourth-order valence-electron chi connectivity index (χ4n) is 1.90. The van der Waals surface area contributed by atoms with Crippen LogP contribution >= 0.6 is 0 Å². The van der Waals surface area contributed by atoms with Gasteiger partial charge in [-0.1, -0.05) is 0 Å². The van der Waals surface area contributed by atoms with Crippen molar-refractivity contribution in [3.8, 4) is 11.5 Å². The van der Waals surface area contributed by atoms with E-state index in [1.807, 2.05) is 18.2 Å². The van der Waals surface area contributed by atoms with Crippen LogP contribution in [0.4, 0.5) is 0 Å². The minimum absolute atomic E-state index is 0.316. The second kappa shape index (κ2) is 5.12. The van der Waals surface area contributed by atoms with Crippen LogP contribution < -0.4 is 9.47 Å². The molecule has 2 rings (SSSR count). The first-order valence-corrected chi connectivity index (χ1v) is 5.87. The predicted molar refractivity (Wildman–Crippen MR) is 66.7 cm³/mol. The van der Waals surface area contributed by atoms with Crippen molar-refractivity contribution in [1.29, 1.82) is 0 Å². The molecule has 0 bridgehead atoms. The van der Waals surface area contributed by atoms with Gasteiger partial charge in [0.1, 0.15) is 17.3 Å². The number of rotatable bonds is 3. The van der Waals surface area contributed by atoms with Crippen molar-refractivity contribution in [3.63, 3.8) is 0 Å². The van der Waals surface area contributed by atoms with E-state index < -0.39 is 0 Å². The Hall–Kier alpha value is -1.97. The number of esters is 1. The van der Waals surface area contributed by atoms with Crippen LogP contribution in [0.3, 0.4) is 0 Å². The van der Waals surface area contributed by atoms with E-state index in [9.17, 15) is 4.79 Å². The molecule has 0 radical (unpaired) electrons. The first kappa shape index (κ1) is 12.5. The molecule has 4 heteroatoms. The summed E-state index contributed by atoms with van der Waals surface area (Å²) in [6.45, 7) is 3.93. The first-order valence-electron chi connectivity index (χ1n) is 5.87. The first-order chi connectivity index (χ1) is 8.65. The molecule has 0 aromatic heterocycles. The van der Waals surface area contributed by atoms with Crippen LogP contribution in [0.2, 0.25) is 0 Å². The van der Waals surface area contributed by atoms with Gasteiger partial charge in [0.05, 0.1) is 19.3 Å². The smallest absolute Gasteiger partial charge is 0.337 e. The van der Waals surface area contributed by atoms with Gasteiger partial charge >= 0.3 is 5.97 Å². The largest absolute Gasteiger partial charge is 0.497 e. The highest BCUT2D eigenvalue weighted by Crippen LogP contribution is 2.33. The molecule has 4 nitrogen and oxygen atoms in total. The van der Waals surface area contributed by atoms with Gasteiger partial charge in [0.2, 0.25) is 0 Å². The van der Waals surface area contributed by atoms with Crippen molar-refractivity contribution in [3.05, 3.63) is 35.1 Å². The number of hydrogen-bond acceptors (Lipinski definition) is 4. The second-order valence-corrected chi connectivity index (χ2v) is 4.01. The van der Waals surface area contributed by atoms with Gasteiger partial charge in [0, 0.05) is 12.0 Å². The minimum atomic E-state index is -0.316. The Labute approximate surface area is 106 Å². The average molecular weight is 248 g/mol. The molecule has 1 aromatic carbocycles. The summed E-state index contributed by atoms with van der Waals surface area (Å²) in [6, 6.07) is 5.56. The quantitative estimate of drug-likeness (QED) is 0.771. The Morgan fingerprint density at radius 2 is 2.22 bits per heavy atom. The summed E-state index contributed by atoms with van der Waals surface area (Å²) in [7, 11) is 1.61. The van der Waals surface area contributed by atoms with Crippen LogP contribution in [0.15, 0.2) is 29.5 Å². The molecule has 96 valence electrons. The molecule has 0 spiro atoms. The van der Waals surface area contributed by atoms with Crippen molar-refractivity contribution >= 4 is 5.97 Å². The SMILES string of the molecule is CCOC(=O)C1=C(C)Oc2ccc(OC)cc2C1. The summed E-state index contributed by atoms with van der Waals surface area (Å²) in [5, 5.41) is 0. The predicted octanol–water partition coefficient (Wildman–Crippen LogP) is 2.47. The van der Waals surface area contributed by atoms with Crippen LogP contribution in [0.25, 0.3) is 0 Å². The lowest BCUT2D eigenvalue weighted by molar-refractivity contribution is -0.138. The monoisotopic (exact) mass is 248 g/mol. The van der Waals surface area contributed by atoms with Crippen LogP contribution in [0.1, 0.15) is 19.4 Å². The lowest BCUT2D eigenvalue weighted by atomic mass is 10.0. The molecule has 1 aliphatic rings.